The van der Waals surface area contributed by atoms with E-state index in [0.29, 0.717) is 6.54 Å². The number of nitrogens with zero attached hydrogens (tertiary/aromatic N) is 3. The maximum atomic E-state index is 5.62. The number of benzene rings is 1. The number of nitrogens with two attached hydrogens (primary N) is 1. The van der Waals surface area contributed by atoms with Crippen LogP contribution in [-0.2, 0) is 13.1 Å². The maximum absolute atomic E-state index is 5.62. The molecule has 0 spiro atoms. The molecule has 0 aliphatic heterocycles. The summed E-state index contributed by atoms with van der Waals surface area (Å²) in [6.07, 6.45) is 1.62. The van der Waals surface area contributed by atoms with Crippen LogP contribution in [0.3, 0.4) is 0 Å². The summed E-state index contributed by atoms with van der Waals surface area (Å²) in [5.74, 6) is 0.980. The topological polar surface area (TPSA) is 55.0 Å². The van der Waals surface area contributed by atoms with Gasteiger partial charge in [0.2, 0.25) is 0 Å². The number of hydrogen-bond donors (Lipinski definition) is 1. The van der Waals surface area contributed by atoms with Crippen molar-refractivity contribution in [3.8, 4) is 0 Å². The van der Waals surface area contributed by atoms with Crippen molar-refractivity contribution in [1.82, 2.24) is 9.97 Å². The van der Waals surface area contributed by atoms with Crippen LogP contribution in [0.5, 0.6) is 0 Å². The molecule has 0 unspecified atom stereocenters. The molecular weight excluding hydrogens is 268 g/mol. The SMILES string of the molecule is CN(Cc1ccc(CN)cc1)c1ncnc2ccsc12. The van der Waals surface area contributed by atoms with Crippen molar-refractivity contribution in [3.63, 3.8) is 0 Å². The molecule has 0 radical (unpaired) electrons. The Morgan fingerprint density at radius 2 is 1.85 bits per heavy atom. The number of hydrogen-bond acceptors (Lipinski definition) is 5. The van der Waals surface area contributed by atoms with E-state index in [-0.39, 0.29) is 0 Å². The van der Waals surface area contributed by atoms with Gasteiger partial charge in [0.05, 0.1) is 10.2 Å². The summed E-state index contributed by atoms with van der Waals surface area (Å²) < 4.78 is 1.13. The molecule has 102 valence electrons. The molecule has 2 aromatic heterocycles. The molecule has 0 aliphatic carbocycles. The Bertz CT molecular complexity index is 705. The van der Waals surface area contributed by atoms with Crippen molar-refractivity contribution in [3.05, 3.63) is 53.2 Å². The van der Waals surface area contributed by atoms with Crippen LogP contribution in [0.2, 0.25) is 0 Å². The van der Waals surface area contributed by atoms with Crippen LogP contribution in [0.15, 0.2) is 42.0 Å². The third kappa shape index (κ3) is 2.50. The first-order valence-corrected chi connectivity index (χ1v) is 7.33. The molecule has 0 saturated carbocycles. The van der Waals surface area contributed by atoms with Crippen LogP contribution in [0.4, 0.5) is 5.82 Å². The standard InChI is InChI=1S/C15H16N4S/c1-19(9-12-4-2-11(8-16)3-5-12)15-14-13(6-7-20-14)17-10-18-15/h2-7,10H,8-9,16H2,1H3. The zero-order chi connectivity index (χ0) is 13.9. The minimum absolute atomic E-state index is 0.581. The van der Waals surface area contributed by atoms with Gasteiger partial charge in [-0.25, -0.2) is 9.97 Å². The van der Waals surface area contributed by atoms with E-state index in [1.54, 1.807) is 17.7 Å². The summed E-state index contributed by atoms with van der Waals surface area (Å²) in [5, 5.41) is 2.05. The molecule has 0 atom stereocenters. The van der Waals surface area contributed by atoms with Crippen molar-refractivity contribution in [2.75, 3.05) is 11.9 Å². The van der Waals surface area contributed by atoms with Gasteiger partial charge in [-0.05, 0) is 22.6 Å². The molecule has 0 aliphatic rings. The van der Waals surface area contributed by atoms with Crippen LogP contribution in [-0.4, -0.2) is 17.0 Å². The van der Waals surface area contributed by atoms with Crippen LogP contribution in [0, 0.1) is 0 Å². The molecule has 0 fully saturated rings. The maximum Gasteiger partial charge on any atom is 0.150 e. The second-order valence-corrected chi connectivity index (χ2v) is 5.63. The van der Waals surface area contributed by atoms with Crippen LogP contribution in [0.1, 0.15) is 11.1 Å². The molecule has 0 bridgehead atoms. The van der Waals surface area contributed by atoms with Gasteiger partial charge in [-0.2, -0.15) is 0 Å². The van der Waals surface area contributed by atoms with Gasteiger partial charge in [0.25, 0.3) is 0 Å². The molecule has 20 heavy (non-hydrogen) atoms. The van der Waals surface area contributed by atoms with E-state index in [2.05, 4.69) is 46.2 Å². The molecule has 3 rings (SSSR count). The number of aromatic nitrogens is 2. The first-order valence-electron chi connectivity index (χ1n) is 6.45. The van der Waals surface area contributed by atoms with Gasteiger partial charge in [-0.3, -0.25) is 0 Å². The summed E-state index contributed by atoms with van der Waals surface area (Å²) in [4.78, 5) is 10.8. The van der Waals surface area contributed by atoms with E-state index in [0.717, 1.165) is 28.1 Å². The van der Waals surface area contributed by atoms with Crippen LogP contribution < -0.4 is 10.6 Å². The lowest BCUT2D eigenvalue weighted by Gasteiger charge is -2.18. The zero-order valence-corrected chi connectivity index (χ0v) is 12.1. The van der Waals surface area contributed by atoms with Crippen molar-refractivity contribution < 1.29 is 0 Å². The van der Waals surface area contributed by atoms with E-state index in [1.807, 2.05) is 11.4 Å². The quantitative estimate of drug-likeness (QED) is 0.800. The molecule has 3 aromatic rings. The largest absolute Gasteiger partial charge is 0.354 e. The zero-order valence-electron chi connectivity index (χ0n) is 11.3. The number of fused-ring (bicyclic) bond motifs is 1. The third-order valence-electron chi connectivity index (χ3n) is 3.26. The molecule has 0 saturated heterocycles. The number of anilines is 1. The van der Waals surface area contributed by atoms with Gasteiger partial charge < -0.3 is 10.6 Å². The Morgan fingerprint density at radius 3 is 2.60 bits per heavy atom. The van der Waals surface area contributed by atoms with Gasteiger partial charge in [-0.1, -0.05) is 24.3 Å². The number of thiophene rings is 1. The minimum atomic E-state index is 0.581. The molecule has 4 nitrogen and oxygen atoms in total. The Hall–Kier alpha value is -1.98. The molecular formula is C15H16N4S. The lowest BCUT2D eigenvalue weighted by Crippen LogP contribution is -2.17. The fraction of sp³-hybridized carbons (Fsp3) is 0.200. The average Bonchev–Trinajstić information content (AvgIpc) is 2.96. The van der Waals surface area contributed by atoms with Crippen molar-refractivity contribution in [2.24, 2.45) is 5.73 Å². The lowest BCUT2D eigenvalue weighted by atomic mass is 10.1. The highest BCUT2D eigenvalue weighted by Crippen LogP contribution is 2.27. The molecule has 5 heteroatoms. The second kappa shape index (κ2) is 5.56. The molecule has 2 N–H and O–H groups in total. The summed E-state index contributed by atoms with van der Waals surface area (Å²) in [7, 11) is 2.05. The second-order valence-electron chi connectivity index (χ2n) is 4.71. The van der Waals surface area contributed by atoms with Crippen LogP contribution in [0.25, 0.3) is 10.2 Å². The monoisotopic (exact) mass is 284 g/mol. The molecule has 2 heterocycles. The lowest BCUT2D eigenvalue weighted by molar-refractivity contribution is 0.899. The number of rotatable bonds is 4. The summed E-state index contributed by atoms with van der Waals surface area (Å²) >= 11 is 1.68. The highest BCUT2D eigenvalue weighted by molar-refractivity contribution is 7.17. The van der Waals surface area contributed by atoms with E-state index in [9.17, 15) is 0 Å². The predicted octanol–water partition coefficient (Wildman–Crippen LogP) is 2.79. The summed E-state index contributed by atoms with van der Waals surface area (Å²) in [5.41, 5.74) is 9.02. The van der Waals surface area contributed by atoms with E-state index in [1.165, 1.54) is 5.56 Å². The van der Waals surface area contributed by atoms with E-state index in [4.69, 9.17) is 5.73 Å². The Morgan fingerprint density at radius 1 is 1.10 bits per heavy atom. The first kappa shape index (κ1) is 13.0. The highest BCUT2D eigenvalue weighted by atomic mass is 32.1. The van der Waals surface area contributed by atoms with E-state index < -0.39 is 0 Å². The Labute approximate surface area is 121 Å². The fourth-order valence-electron chi connectivity index (χ4n) is 2.18. The van der Waals surface area contributed by atoms with Gasteiger partial charge in [-0.15, -0.1) is 11.3 Å². The Kier molecular flexibility index (Phi) is 3.62. The first-order chi connectivity index (χ1) is 9.78. The van der Waals surface area contributed by atoms with Gasteiger partial charge in [0.1, 0.15) is 12.1 Å². The minimum Gasteiger partial charge on any atom is -0.354 e. The van der Waals surface area contributed by atoms with Crippen molar-refractivity contribution >= 4 is 27.4 Å². The third-order valence-corrected chi connectivity index (χ3v) is 4.16. The summed E-state index contributed by atoms with van der Waals surface area (Å²) in [6.45, 7) is 1.40. The van der Waals surface area contributed by atoms with Gasteiger partial charge >= 0.3 is 0 Å². The van der Waals surface area contributed by atoms with E-state index >= 15 is 0 Å². The smallest absolute Gasteiger partial charge is 0.150 e. The van der Waals surface area contributed by atoms with Crippen LogP contribution >= 0.6 is 11.3 Å². The highest BCUT2D eigenvalue weighted by Gasteiger charge is 2.10. The fourth-order valence-corrected chi connectivity index (χ4v) is 3.07. The summed E-state index contributed by atoms with van der Waals surface area (Å²) in [6, 6.07) is 10.4. The average molecular weight is 284 g/mol. The van der Waals surface area contributed by atoms with Gasteiger partial charge in [0, 0.05) is 20.1 Å². The normalized spacial score (nSPS) is 10.9. The molecule has 0 amide bonds. The Balaban J connectivity index is 1.84. The van der Waals surface area contributed by atoms with Crippen molar-refractivity contribution in [2.45, 2.75) is 13.1 Å². The predicted molar refractivity (Wildman–Crippen MR) is 83.9 cm³/mol. The van der Waals surface area contributed by atoms with Crippen molar-refractivity contribution in [1.29, 1.82) is 0 Å². The van der Waals surface area contributed by atoms with Gasteiger partial charge in [0.15, 0.2) is 0 Å². The molecule has 1 aromatic carbocycles.